The van der Waals surface area contributed by atoms with Crippen molar-refractivity contribution in [2.75, 3.05) is 11.6 Å². The van der Waals surface area contributed by atoms with Gasteiger partial charge in [0, 0.05) is 5.56 Å². The monoisotopic (exact) mass is 370 g/mol. The molecule has 1 aliphatic heterocycles. The lowest BCUT2D eigenvalue weighted by Crippen LogP contribution is -2.35. The Morgan fingerprint density at radius 2 is 1.71 bits per heavy atom. The first-order valence-corrected chi connectivity index (χ1v) is 8.86. The van der Waals surface area contributed by atoms with E-state index in [1.165, 1.54) is 5.01 Å². The summed E-state index contributed by atoms with van der Waals surface area (Å²) in [5.41, 5.74) is 3.97. The number of nitrogens with zero attached hydrogens (tertiary/aromatic N) is 1. The molecule has 5 heteroatoms. The normalized spacial score (nSPS) is 15.1. The van der Waals surface area contributed by atoms with Crippen molar-refractivity contribution in [2.45, 2.75) is 0 Å². The maximum absolute atomic E-state index is 12.9. The van der Waals surface area contributed by atoms with Crippen LogP contribution in [0.3, 0.4) is 0 Å². The fourth-order valence-electron chi connectivity index (χ4n) is 3.16. The summed E-state index contributed by atoms with van der Waals surface area (Å²) in [6.45, 7) is 4.00. The summed E-state index contributed by atoms with van der Waals surface area (Å²) in [7, 11) is 0. The molecule has 1 aliphatic rings. The Morgan fingerprint density at radius 1 is 0.964 bits per heavy atom. The molecule has 1 N–H and O–H groups in total. The average molecular weight is 370 g/mol. The molecule has 3 aromatic carbocycles. The quantitative estimate of drug-likeness (QED) is 0.421. The zero-order valence-corrected chi connectivity index (χ0v) is 15.1. The van der Waals surface area contributed by atoms with Gasteiger partial charge in [-0.1, -0.05) is 61.2 Å². The lowest BCUT2D eigenvalue weighted by molar-refractivity contribution is -0.117. The summed E-state index contributed by atoms with van der Waals surface area (Å²) in [6.07, 6.45) is 3.25. The van der Waals surface area contributed by atoms with E-state index in [1.54, 1.807) is 24.3 Å². The van der Waals surface area contributed by atoms with Crippen LogP contribution >= 0.6 is 0 Å². The summed E-state index contributed by atoms with van der Waals surface area (Å²) < 4.78 is 5.77. The minimum atomic E-state index is -0.448. The minimum absolute atomic E-state index is 0.0589. The van der Waals surface area contributed by atoms with Crippen LogP contribution in [0.2, 0.25) is 0 Å². The van der Waals surface area contributed by atoms with Crippen LogP contribution in [0.25, 0.3) is 16.8 Å². The number of fused-ring (bicyclic) bond motifs is 1. The Kier molecular flexibility index (Phi) is 4.64. The van der Waals surface area contributed by atoms with Crippen LogP contribution in [0.15, 0.2) is 85.0 Å². The predicted molar refractivity (Wildman–Crippen MR) is 110 cm³/mol. The highest BCUT2D eigenvalue weighted by molar-refractivity contribution is 6.32. The van der Waals surface area contributed by atoms with Crippen LogP contribution in [0.1, 0.15) is 5.56 Å². The van der Waals surface area contributed by atoms with Crippen molar-refractivity contribution >= 4 is 34.4 Å². The molecule has 0 spiro atoms. The number of anilines is 1. The Morgan fingerprint density at radius 3 is 2.50 bits per heavy atom. The molecular formula is C23H18N2O3. The van der Waals surface area contributed by atoms with E-state index in [0.717, 1.165) is 10.8 Å². The maximum atomic E-state index is 12.9. The molecule has 0 saturated carbocycles. The second kappa shape index (κ2) is 7.40. The third kappa shape index (κ3) is 3.14. The van der Waals surface area contributed by atoms with Crippen molar-refractivity contribution in [3.8, 4) is 5.75 Å². The number of para-hydroxylation sites is 1. The third-order valence-corrected chi connectivity index (χ3v) is 4.48. The maximum Gasteiger partial charge on any atom is 0.282 e. The summed E-state index contributed by atoms with van der Waals surface area (Å²) in [5.74, 6) is -0.264. The van der Waals surface area contributed by atoms with Gasteiger partial charge in [0.25, 0.3) is 11.8 Å². The van der Waals surface area contributed by atoms with Crippen molar-refractivity contribution in [1.29, 1.82) is 0 Å². The number of nitrogens with one attached hydrogen (secondary N) is 1. The molecule has 1 fully saturated rings. The molecule has 2 amide bonds. The molecule has 0 aliphatic carbocycles. The number of carbonyl (C=O) groups is 2. The van der Waals surface area contributed by atoms with E-state index in [2.05, 4.69) is 12.0 Å². The van der Waals surface area contributed by atoms with Gasteiger partial charge in [-0.25, -0.2) is 5.01 Å². The number of hydrogen-bond donors (Lipinski definition) is 1. The molecule has 1 heterocycles. The largest absolute Gasteiger partial charge is 0.489 e. The van der Waals surface area contributed by atoms with Gasteiger partial charge in [0.15, 0.2) is 0 Å². The number of rotatable bonds is 5. The van der Waals surface area contributed by atoms with Gasteiger partial charge in [-0.2, -0.15) is 0 Å². The molecule has 1 saturated heterocycles. The fraction of sp³-hybridized carbons (Fsp3) is 0.0435. The van der Waals surface area contributed by atoms with Gasteiger partial charge in [0.1, 0.15) is 17.9 Å². The van der Waals surface area contributed by atoms with E-state index in [0.29, 0.717) is 23.6 Å². The smallest absolute Gasteiger partial charge is 0.282 e. The Labute approximate surface area is 162 Å². The second-order valence-corrected chi connectivity index (χ2v) is 6.27. The van der Waals surface area contributed by atoms with Gasteiger partial charge in [0.2, 0.25) is 0 Å². The average Bonchev–Trinajstić information content (AvgIpc) is 3.02. The van der Waals surface area contributed by atoms with E-state index in [4.69, 9.17) is 4.74 Å². The van der Waals surface area contributed by atoms with Gasteiger partial charge in [0.05, 0.1) is 5.69 Å². The van der Waals surface area contributed by atoms with Crippen LogP contribution in [0.5, 0.6) is 5.75 Å². The first-order valence-electron chi connectivity index (χ1n) is 8.86. The van der Waals surface area contributed by atoms with E-state index in [9.17, 15) is 9.59 Å². The molecule has 138 valence electrons. The molecule has 0 unspecified atom stereocenters. The predicted octanol–water partition coefficient (Wildman–Crippen LogP) is 3.87. The molecule has 0 aromatic heterocycles. The van der Waals surface area contributed by atoms with Crippen molar-refractivity contribution in [1.82, 2.24) is 5.43 Å². The van der Waals surface area contributed by atoms with E-state index >= 15 is 0 Å². The van der Waals surface area contributed by atoms with E-state index < -0.39 is 11.8 Å². The van der Waals surface area contributed by atoms with Gasteiger partial charge >= 0.3 is 0 Å². The molecule has 0 bridgehead atoms. The summed E-state index contributed by atoms with van der Waals surface area (Å²) >= 11 is 0. The number of benzene rings is 3. The number of hydrazine groups is 1. The minimum Gasteiger partial charge on any atom is -0.489 e. The zero-order valence-electron chi connectivity index (χ0n) is 15.1. The van der Waals surface area contributed by atoms with Crippen molar-refractivity contribution < 1.29 is 14.3 Å². The lowest BCUT2D eigenvalue weighted by Gasteiger charge is -2.14. The first-order chi connectivity index (χ1) is 13.7. The summed E-state index contributed by atoms with van der Waals surface area (Å²) in [5, 5.41) is 3.14. The summed E-state index contributed by atoms with van der Waals surface area (Å²) in [6, 6.07) is 20.5. The number of carbonyl (C=O) groups excluding carboxylic acids is 2. The van der Waals surface area contributed by atoms with Crippen LogP contribution in [0.4, 0.5) is 5.69 Å². The van der Waals surface area contributed by atoms with Gasteiger partial charge < -0.3 is 4.74 Å². The van der Waals surface area contributed by atoms with Crippen molar-refractivity contribution in [3.63, 3.8) is 0 Å². The first kappa shape index (κ1) is 17.5. The van der Waals surface area contributed by atoms with Crippen molar-refractivity contribution in [3.05, 3.63) is 90.5 Å². The number of ether oxygens (including phenoxy) is 1. The van der Waals surface area contributed by atoms with Crippen LogP contribution in [-0.4, -0.2) is 18.4 Å². The standard InChI is InChI=1S/C23H18N2O3/c1-2-14-28-21-13-12-16-8-6-7-11-18(16)19(21)15-20-22(26)24-25(23(20)27)17-9-4-3-5-10-17/h2-13,15H,1,14H2,(H,24,26)/b20-15-. The van der Waals surface area contributed by atoms with Gasteiger partial charge in [-0.05, 0) is 35.0 Å². The summed E-state index contributed by atoms with van der Waals surface area (Å²) in [4.78, 5) is 25.4. The molecule has 3 aromatic rings. The Hall–Kier alpha value is -3.86. The van der Waals surface area contributed by atoms with Crippen LogP contribution in [-0.2, 0) is 9.59 Å². The van der Waals surface area contributed by atoms with E-state index in [-0.39, 0.29) is 5.57 Å². The molecule has 28 heavy (non-hydrogen) atoms. The van der Waals surface area contributed by atoms with E-state index in [1.807, 2.05) is 54.6 Å². The fourth-order valence-corrected chi connectivity index (χ4v) is 3.16. The Bertz CT molecular complexity index is 1100. The molecule has 4 rings (SSSR count). The van der Waals surface area contributed by atoms with Gasteiger partial charge in [-0.15, -0.1) is 0 Å². The topological polar surface area (TPSA) is 58.6 Å². The lowest BCUT2D eigenvalue weighted by atomic mass is 10.0. The molecule has 0 radical (unpaired) electrons. The zero-order chi connectivity index (χ0) is 19.5. The van der Waals surface area contributed by atoms with Gasteiger partial charge in [-0.3, -0.25) is 15.0 Å². The SMILES string of the molecule is C=CCOc1ccc2ccccc2c1/C=C1/C(=O)NN(c2ccccc2)C1=O. The number of hydrogen-bond acceptors (Lipinski definition) is 3. The molecule has 0 atom stereocenters. The molecular weight excluding hydrogens is 352 g/mol. The highest BCUT2D eigenvalue weighted by Gasteiger charge is 2.34. The molecule has 5 nitrogen and oxygen atoms in total. The van der Waals surface area contributed by atoms with Crippen molar-refractivity contribution in [2.24, 2.45) is 0 Å². The highest BCUT2D eigenvalue weighted by atomic mass is 16.5. The second-order valence-electron chi connectivity index (χ2n) is 6.27. The third-order valence-electron chi connectivity index (χ3n) is 4.48. The highest BCUT2D eigenvalue weighted by Crippen LogP contribution is 2.32. The van der Waals surface area contributed by atoms with Crippen LogP contribution in [0, 0.1) is 0 Å². The van der Waals surface area contributed by atoms with Crippen LogP contribution < -0.4 is 15.2 Å². The Balaban J connectivity index is 1.81. The number of amides is 2.